The molecule has 0 unspecified atom stereocenters. The lowest BCUT2D eigenvalue weighted by molar-refractivity contribution is -0.129. The monoisotopic (exact) mass is 298 g/mol. The molecule has 92 valence electrons. The van der Waals surface area contributed by atoms with Gasteiger partial charge in [0.1, 0.15) is 5.75 Å². The average Bonchev–Trinajstić information content (AvgIpc) is 2.29. The summed E-state index contributed by atoms with van der Waals surface area (Å²) in [6.45, 7) is 3.77. The van der Waals surface area contributed by atoms with E-state index in [1.807, 2.05) is 32.0 Å². The minimum atomic E-state index is -0.445. The molecule has 0 atom stereocenters. The number of esters is 1. The molecule has 1 rings (SSSR count). The molecule has 0 saturated carbocycles. The summed E-state index contributed by atoms with van der Waals surface area (Å²) >= 11 is 3.34. The van der Waals surface area contributed by atoms with E-state index >= 15 is 0 Å². The van der Waals surface area contributed by atoms with Gasteiger partial charge in [0.15, 0.2) is 0 Å². The van der Waals surface area contributed by atoms with Crippen LogP contribution in [0.5, 0.6) is 5.75 Å². The number of alkyl halides is 1. The Morgan fingerprint density at radius 3 is 2.76 bits per heavy atom. The highest BCUT2D eigenvalue weighted by atomic mass is 79.9. The fourth-order valence-electron chi connectivity index (χ4n) is 1.11. The van der Waals surface area contributed by atoms with Crippen molar-refractivity contribution in [3.8, 4) is 5.75 Å². The Hall–Kier alpha value is -1.29. The van der Waals surface area contributed by atoms with E-state index in [0.29, 0.717) is 11.1 Å². The Morgan fingerprint density at radius 2 is 2.12 bits per heavy atom. The molecule has 17 heavy (non-hydrogen) atoms. The van der Waals surface area contributed by atoms with Crippen LogP contribution in [0.1, 0.15) is 19.4 Å². The van der Waals surface area contributed by atoms with E-state index in [0.717, 1.165) is 5.56 Å². The second-order valence-electron chi connectivity index (χ2n) is 3.65. The third kappa shape index (κ3) is 5.04. The molecule has 0 aliphatic heterocycles. The van der Waals surface area contributed by atoms with Crippen molar-refractivity contribution in [2.24, 2.45) is 0 Å². The Kier molecular flexibility index (Phi) is 5.77. The van der Waals surface area contributed by atoms with E-state index in [4.69, 9.17) is 9.47 Å². The second-order valence-corrected chi connectivity index (χ2v) is 4.21. The van der Waals surface area contributed by atoms with E-state index in [1.165, 1.54) is 12.3 Å². The predicted molar refractivity (Wildman–Crippen MR) is 70.1 cm³/mol. The first-order valence-corrected chi connectivity index (χ1v) is 6.43. The number of carbonyl (C=O) groups excluding carboxylic acids is 1. The normalized spacial score (nSPS) is 10.8. The van der Waals surface area contributed by atoms with Crippen LogP contribution in [0.2, 0.25) is 0 Å². The smallest absolute Gasteiger partial charge is 0.339 e. The summed E-state index contributed by atoms with van der Waals surface area (Å²) in [5.74, 6) is 0.114. The molecular weight excluding hydrogens is 284 g/mol. The predicted octanol–water partition coefficient (Wildman–Crippen LogP) is 3.43. The van der Waals surface area contributed by atoms with Gasteiger partial charge < -0.3 is 9.47 Å². The summed E-state index contributed by atoms with van der Waals surface area (Å²) in [5, 5.41) is 0.642. The van der Waals surface area contributed by atoms with Gasteiger partial charge in [-0.05, 0) is 19.9 Å². The fourth-order valence-corrected chi connectivity index (χ4v) is 1.57. The number of hydrogen-bond donors (Lipinski definition) is 0. The van der Waals surface area contributed by atoms with Gasteiger partial charge in [-0.2, -0.15) is 0 Å². The number of rotatable bonds is 5. The van der Waals surface area contributed by atoms with Gasteiger partial charge in [0, 0.05) is 10.9 Å². The van der Waals surface area contributed by atoms with Crippen LogP contribution in [0.25, 0.3) is 0 Å². The molecule has 0 heterocycles. The minimum absolute atomic E-state index is 0.0499. The van der Waals surface area contributed by atoms with Crippen molar-refractivity contribution >= 4 is 21.9 Å². The molecule has 0 aliphatic rings. The standard InChI is InChI=1S/C13H15BrO3/c1-10(2)16-8-7-13(15)17-12-6-4-3-5-11(12)9-14/h3-8,10H,9H2,1-2H3. The summed E-state index contributed by atoms with van der Waals surface area (Å²) < 4.78 is 10.3. The Labute approximate surface area is 110 Å². The molecule has 1 aromatic rings. The molecule has 0 radical (unpaired) electrons. The van der Waals surface area contributed by atoms with Crippen molar-refractivity contribution in [2.75, 3.05) is 0 Å². The van der Waals surface area contributed by atoms with E-state index in [9.17, 15) is 4.79 Å². The van der Waals surface area contributed by atoms with Crippen molar-refractivity contribution in [1.29, 1.82) is 0 Å². The molecule has 3 nitrogen and oxygen atoms in total. The second kappa shape index (κ2) is 7.12. The number of benzene rings is 1. The van der Waals surface area contributed by atoms with Gasteiger partial charge in [0.2, 0.25) is 0 Å². The summed E-state index contributed by atoms with van der Waals surface area (Å²) in [6, 6.07) is 7.37. The maximum atomic E-state index is 11.5. The SMILES string of the molecule is CC(C)OC=CC(=O)Oc1ccccc1CBr. The molecule has 1 aromatic carbocycles. The fraction of sp³-hybridized carbons (Fsp3) is 0.308. The van der Waals surface area contributed by atoms with Crippen molar-refractivity contribution in [3.05, 3.63) is 42.2 Å². The number of carbonyl (C=O) groups is 1. The topological polar surface area (TPSA) is 35.5 Å². The van der Waals surface area contributed by atoms with Crippen molar-refractivity contribution in [1.82, 2.24) is 0 Å². The quantitative estimate of drug-likeness (QED) is 0.275. The number of para-hydroxylation sites is 1. The van der Waals surface area contributed by atoms with E-state index in [1.54, 1.807) is 6.07 Å². The molecule has 0 saturated heterocycles. The van der Waals surface area contributed by atoms with Gasteiger partial charge in [-0.1, -0.05) is 34.1 Å². The highest BCUT2D eigenvalue weighted by Gasteiger charge is 2.05. The lowest BCUT2D eigenvalue weighted by Crippen LogP contribution is -2.06. The van der Waals surface area contributed by atoms with Crippen LogP contribution in [0.4, 0.5) is 0 Å². The van der Waals surface area contributed by atoms with Crippen LogP contribution < -0.4 is 4.74 Å². The molecule has 0 bridgehead atoms. The molecule has 0 aromatic heterocycles. The lowest BCUT2D eigenvalue weighted by Gasteiger charge is -2.06. The zero-order valence-electron chi connectivity index (χ0n) is 9.85. The minimum Gasteiger partial charge on any atom is -0.498 e. The van der Waals surface area contributed by atoms with Gasteiger partial charge in [-0.15, -0.1) is 0 Å². The van der Waals surface area contributed by atoms with Gasteiger partial charge >= 0.3 is 5.97 Å². The van der Waals surface area contributed by atoms with Crippen molar-refractivity contribution < 1.29 is 14.3 Å². The van der Waals surface area contributed by atoms with Crippen LogP contribution in [-0.2, 0) is 14.9 Å². The molecule has 0 fully saturated rings. The zero-order chi connectivity index (χ0) is 12.7. The average molecular weight is 299 g/mol. The highest BCUT2D eigenvalue weighted by Crippen LogP contribution is 2.20. The Morgan fingerprint density at radius 1 is 1.41 bits per heavy atom. The first kappa shape index (κ1) is 13.8. The van der Waals surface area contributed by atoms with Crippen LogP contribution in [0.15, 0.2) is 36.6 Å². The first-order chi connectivity index (χ1) is 8.13. The van der Waals surface area contributed by atoms with E-state index in [-0.39, 0.29) is 6.10 Å². The zero-order valence-corrected chi connectivity index (χ0v) is 11.4. The third-order valence-corrected chi connectivity index (χ3v) is 2.49. The number of ether oxygens (including phenoxy) is 2. The van der Waals surface area contributed by atoms with Crippen LogP contribution >= 0.6 is 15.9 Å². The maximum Gasteiger partial charge on any atom is 0.339 e. The summed E-state index contributed by atoms with van der Waals surface area (Å²) in [4.78, 5) is 11.5. The van der Waals surface area contributed by atoms with Crippen molar-refractivity contribution in [2.45, 2.75) is 25.3 Å². The number of hydrogen-bond acceptors (Lipinski definition) is 3. The molecular formula is C13H15BrO3. The Balaban J connectivity index is 2.59. The highest BCUT2D eigenvalue weighted by molar-refractivity contribution is 9.08. The van der Waals surface area contributed by atoms with E-state index in [2.05, 4.69) is 15.9 Å². The summed E-state index contributed by atoms with van der Waals surface area (Å²) in [6.07, 6.45) is 2.67. The molecule has 0 spiro atoms. The summed E-state index contributed by atoms with van der Waals surface area (Å²) in [5.41, 5.74) is 0.930. The van der Waals surface area contributed by atoms with E-state index < -0.39 is 5.97 Å². The van der Waals surface area contributed by atoms with Gasteiger partial charge in [0.25, 0.3) is 0 Å². The van der Waals surface area contributed by atoms with Crippen LogP contribution in [0, 0.1) is 0 Å². The third-order valence-electron chi connectivity index (χ3n) is 1.88. The van der Waals surface area contributed by atoms with Crippen LogP contribution in [-0.4, -0.2) is 12.1 Å². The number of halogens is 1. The maximum absolute atomic E-state index is 11.5. The Bertz CT molecular complexity index is 399. The van der Waals surface area contributed by atoms with Gasteiger partial charge in [-0.25, -0.2) is 4.79 Å². The van der Waals surface area contributed by atoms with Crippen LogP contribution in [0.3, 0.4) is 0 Å². The summed E-state index contributed by atoms with van der Waals surface area (Å²) in [7, 11) is 0. The van der Waals surface area contributed by atoms with Crippen molar-refractivity contribution in [3.63, 3.8) is 0 Å². The largest absolute Gasteiger partial charge is 0.498 e. The van der Waals surface area contributed by atoms with Gasteiger partial charge in [-0.3, -0.25) is 0 Å². The lowest BCUT2D eigenvalue weighted by atomic mass is 10.2. The molecule has 0 N–H and O–H groups in total. The molecule has 0 amide bonds. The first-order valence-electron chi connectivity index (χ1n) is 5.31. The molecule has 4 heteroatoms. The molecule has 0 aliphatic carbocycles. The van der Waals surface area contributed by atoms with Gasteiger partial charge in [0.05, 0.1) is 18.4 Å².